The Bertz CT molecular complexity index is 1190. The summed E-state index contributed by atoms with van der Waals surface area (Å²) in [6, 6.07) is 8.60. The first-order valence-corrected chi connectivity index (χ1v) is 12.6. The van der Waals surface area contributed by atoms with Crippen molar-refractivity contribution in [2.45, 2.75) is 78.9 Å². The Morgan fingerprint density at radius 1 is 1.14 bits per heavy atom. The van der Waals surface area contributed by atoms with Crippen LogP contribution in [0.4, 0.5) is 0 Å². The van der Waals surface area contributed by atoms with Crippen LogP contribution in [-0.4, -0.2) is 29.4 Å². The maximum absolute atomic E-state index is 12.5. The van der Waals surface area contributed by atoms with Crippen LogP contribution in [0.1, 0.15) is 67.2 Å². The highest BCUT2D eigenvalue weighted by Crippen LogP contribution is 2.62. The molecule has 0 amide bonds. The summed E-state index contributed by atoms with van der Waals surface area (Å²) in [5.41, 5.74) is -0.599. The molecule has 0 unspecified atom stereocenters. The van der Waals surface area contributed by atoms with E-state index in [4.69, 9.17) is 13.9 Å². The lowest BCUT2D eigenvalue weighted by molar-refractivity contribution is -0.210. The molecule has 1 aromatic carbocycles. The SMILES string of the molecule is C/C=C(/C)C(=O)O[C@H]1CC[C@]2(C)[C@@H](COc3ccc4ccc(=O)oc4c3)[C@](C)(O)CC[C@H]2C1(C)C. The van der Waals surface area contributed by atoms with E-state index < -0.39 is 11.2 Å². The molecule has 0 spiro atoms. The summed E-state index contributed by atoms with van der Waals surface area (Å²) >= 11 is 0. The van der Waals surface area contributed by atoms with Gasteiger partial charge in [0.05, 0.1) is 12.2 Å². The number of rotatable bonds is 5. The van der Waals surface area contributed by atoms with E-state index in [-0.39, 0.29) is 34.7 Å². The van der Waals surface area contributed by atoms with E-state index in [1.807, 2.05) is 26.0 Å². The van der Waals surface area contributed by atoms with E-state index in [1.54, 1.807) is 25.1 Å². The van der Waals surface area contributed by atoms with Crippen molar-refractivity contribution in [3.8, 4) is 5.75 Å². The van der Waals surface area contributed by atoms with Gasteiger partial charge in [-0.1, -0.05) is 26.8 Å². The highest BCUT2D eigenvalue weighted by Gasteiger charge is 2.61. The monoisotopic (exact) mass is 482 g/mol. The van der Waals surface area contributed by atoms with Crippen LogP contribution in [0.2, 0.25) is 0 Å². The summed E-state index contributed by atoms with van der Waals surface area (Å²) in [6.45, 7) is 12.5. The standard InChI is InChI=1S/C29H38O6/c1-7-18(2)26(31)35-24-13-14-28(5)22(27(24,3)4)12-15-29(6,32)23(28)17-33-20-10-8-19-9-11-25(30)34-21(19)16-20/h7-11,16,22-24,32H,12-15,17H2,1-6H3/b18-7-/t22-,23+,24-,28-,29+/m0/s1. The molecule has 1 N–H and O–H groups in total. The summed E-state index contributed by atoms with van der Waals surface area (Å²) in [5.74, 6) is 0.508. The normalized spacial score (nSPS) is 32.7. The molecule has 2 fully saturated rings. The molecule has 35 heavy (non-hydrogen) atoms. The van der Waals surface area contributed by atoms with E-state index >= 15 is 0 Å². The largest absolute Gasteiger partial charge is 0.493 e. The zero-order chi connectivity index (χ0) is 25.6. The first-order valence-electron chi connectivity index (χ1n) is 12.6. The van der Waals surface area contributed by atoms with Crippen LogP contribution in [0.3, 0.4) is 0 Å². The van der Waals surface area contributed by atoms with E-state index in [9.17, 15) is 14.7 Å². The average molecular weight is 483 g/mol. The summed E-state index contributed by atoms with van der Waals surface area (Å²) in [5, 5.41) is 12.3. The molecule has 0 radical (unpaired) electrons. The van der Waals surface area contributed by atoms with Crippen molar-refractivity contribution in [2.24, 2.45) is 22.7 Å². The van der Waals surface area contributed by atoms with Crippen molar-refractivity contribution in [3.05, 3.63) is 52.4 Å². The fraction of sp³-hybridized carbons (Fsp3) is 0.586. The summed E-state index contributed by atoms with van der Waals surface area (Å²) in [4.78, 5) is 24.2. The number of fused-ring (bicyclic) bond motifs is 2. The Balaban J connectivity index is 1.57. The van der Waals surface area contributed by atoms with E-state index in [1.165, 1.54) is 6.07 Å². The predicted molar refractivity (Wildman–Crippen MR) is 135 cm³/mol. The molecule has 5 atom stereocenters. The third-order valence-electron chi connectivity index (χ3n) is 8.97. The minimum absolute atomic E-state index is 0.111. The van der Waals surface area contributed by atoms with Gasteiger partial charge >= 0.3 is 11.6 Å². The van der Waals surface area contributed by atoms with E-state index in [2.05, 4.69) is 20.8 Å². The lowest BCUT2D eigenvalue weighted by Crippen LogP contribution is -2.62. The van der Waals surface area contributed by atoms with Crippen LogP contribution in [0.5, 0.6) is 5.75 Å². The molecule has 2 aromatic rings. The molecule has 0 saturated heterocycles. The van der Waals surface area contributed by atoms with Crippen molar-refractivity contribution in [1.82, 2.24) is 0 Å². The van der Waals surface area contributed by atoms with Crippen LogP contribution >= 0.6 is 0 Å². The Hall–Kier alpha value is -2.60. The molecule has 1 heterocycles. The van der Waals surface area contributed by atoms with Crippen LogP contribution in [0.25, 0.3) is 11.0 Å². The third kappa shape index (κ3) is 4.65. The first-order chi connectivity index (χ1) is 16.4. The molecule has 0 aliphatic heterocycles. The second-order valence-electron chi connectivity index (χ2n) is 11.5. The number of ether oxygens (including phenoxy) is 2. The van der Waals surface area contributed by atoms with Gasteiger partial charge in [0.1, 0.15) is 17.4 Å². The number of carbonyl (C=O) groups excluding carboxylic acids is 1. The van der Waals surface area contributed by atoms with Crippen LogP contribution in [0, 0.1) is 22.7 Å². The number of hydrogen-bond donors (Lipinski definition) is 1. The molecule has 2 aliphatic rings. The maximum Gasteiger partial charge on any atom is 0.336 e. The van der Waals surface area contributed by atoms with Gasteiger partial charge in [0, 0.05) is 34.4 Å². The van der Waals surface area contributed by atoms with Gasteiger partial charge in [-0.3, -0.25) is 0 Å². The Morgan fingerprint density at radius 2 is 1.86 bits per heavy atom. The Kier molecular flexibility index (Phi) is 6.64. The van der Waals surface area contributed by atoms with Gasteiger partial charge in [0.15, 0.2) is 0 Å². The maximum atomic E-state index is 12.5. The van der Waals surface area contributed by atoms with Gasteiger partial charge in [0.2, 0.25) is 0 Å². The van der Waals surface area contributed by atoms with Crippen molar-refractivity contribution >= 4 is 16.9 Å². The molecule has 1 aromatic heterocycles. The Morgan fingerprint density at radius 3 is 2.57 bits per heavy atom. The molecule has 0 bridgehead atoms. The predicted octanol–water partition coefficient (Wildman–Crippen LogP) is 5.65. The second kappa shape index (κ2) is 9.12. The molecule has 4 rings (SSSR count). The zero-order valence-corrected chi connectivity index (χ0v) is 21.7. The van der Waals surface area contributed by atoms with Crippen molar-refractivity contribution in [1.29, 1.82) is 0 Å². The number of aliphatic hydroxyl groups is 1. The molecule has 6 heteroatoms. The minimum Gasteiger partial charge on any atom is -0.493 e. The average Bonchev–Trinajstić information content (AvgIpc) is 2.79. The number of allylic oxidation sites excluding steroid dienone is 1. The lowest BCUT2D eigenvalue weighted by atomic mass is 9.45. The molecule has 190 valence electrons. The first kappa shape index (κ1) is 25.5. The van der Waals surface area contributed by atoms with Gasteiger partial charge < -0.3 is 19.0 Å². The zero-order valence-electron chi connectivity index (χ0n) is 21.7. The summed E-state index contributed by atoms with van der Waals surface area (Å²) in [7, 11) is 0. The Labute approximate surface area is 207 Å². The summed E-state index contributed by atoms with van der Waals surface area (Å²) < 4.78 is 17.5. The van der Waals surface area contributed by atoms with Crippen LogP contribution < -0.4 is 10.4 Å². The highest BCUT2D eigenvalue weighted by molar-refractivity contribution is 5.87. The van der Waals surface area contributed by atoms with Crippen LogP contribution in [0.15, 0.2) is 51.2 Å². The van der Waals surface area contributed by atoms with Gasteiger partial charge in [-0.15, -0.1) is 0 Å². The van der Waals surface area contributed by atoms with Gasteiger partial charge in [-0.2, -0.15) is 0 Å². The number of carbonyl (C=O) groups is 1. The smallest absolute Gasteiger partial charge is 0.336 e. The number of esters is 1. The molecule has 6 nitrogen and oxygen atoms in total. The van der Waals surface area contributed by atoms with Crippen LogP contribution in [-0.2, 0) is 9.53 Å². The van der Waals surface area contributed by atoms with Gasteiger partial charge in [0.25, 0.3) is 0 Å². The van der Waals surface area contributed by atoms with Gasteiger partial charge in [-0.05, 0) is 76.0 Å². The molecular formula is C29H38O6. The van der Waals surface area contributed by atoms with Crippen molar-refractivity contribution in [2.75, 3.05) is 6.61 Å². The molecule has 2 saturated carbocycles. The van der Waals surface area contributed by atoms with E-state index in [0.717, 1.165) is 24.6 Å². The minimum atomic E-state index is -0.879. The topological polar surface area (TPSA) is 86.0 Å². The third-order valence-corrected chi connectivity index (χ3v) is 8.97. The lowest BCUT2D eigenvalue weighted by Gasteiger charge is -2.62. The number of hydrogen-bond acceptors (Lipinski definition) is 6. The van der Waals surface area contributed by atoms with E-state index in [0.29, 0.717) is 29.9 Å². The molecular weight excluding hydrogens is 444 g/mol. The number of benzene rings is 1. The second-order valence-corrected chi connectivity index (χ2v) is 11.5. The van der Waals surface area contributed by atoms with Gasteiger partial charge in [-0.25, -0.2) is 9.59 Å². The van der Waals surface area contributed by atoms with Crippen molar-refractivity contribution in [3.63, 3.8) is 0 Å². The highest BCUT2D eigenvalue weighted by atomic mass is 16.5. The summed E-state index contributed by atoms with van der Waals surface area (Å²) in [6.07, 6.45) is 4.72. The fourth-order valence-electron chi connectivity index (χ4n) is 6.73. The molecule has 2 aliphatic carbocycles. The fourth-order valence-corrected chi connectivity index (χ4v) is 6.73. The van der Waals surface area contributed by atoms with Crippen molar-refractivity contribution < 1.29 is 23.8 Å². The quantitative estimate of drug-likeness (QED) is 0.337.